The van der Waals surface area contributed by atoms with Gasteiger partial charge in [-0.15, -0.1) is 0 Å². The summed E-state index contributed by atoms with van der Waals surface area (Å²) in [6.07, 6.45) is 0. The third-order valence-electron chi connectivity index (χ3n) is 13.6. The molecule has 13 aromatic rings. The largest absolute Gasteiger partial charge is 0.461 e. The van der Waals surface area contributed by atoms with Gasteiger partial charge in [0.25, 0.3) is 0 Å². The van der Waals surface area contributed by atoms with Crippen molar-refractivity contribution in [1.29, 1.82) is 0 Å². The molecule has 0 spiro atoms. The molecule has 5 heteroatoms. The van der Waals surface area contributed by atoms with Gasteiger partial charge in [-0.2, -0.15) is 0 Å². The normalized spacial score (nSPS) is 11.5. The van der Waals surface area contributed by atoms with Crippen molar-refractivity contribution >= 4 is 32.5 Å². The van der Waals surface area contributed by atoms with Crippen LogP contribution in [0.2, 0.25) is 0 Å². The molecule has 3 heterocycles. The smallest absolute Gasteiger partial charge is 0.138 e. The van der Waals surface area contributed by atoms with Crippen LogP contribution in [0.4, 0.5) is 0 Å². The fourth-order valence-electron chi connectivity index (χ4n) is 10.3. The molecule has 10 aromatic carbocycles. The zero-order valence-electron chi connectivity index (χ0n) is 38.3. The van der Waals surface area contributed by atoms with Gasteiger partial charge in [0.1, 0.15) is 23.0 Å². The third-order valence-corrected chi connectivity index (χ3v) is 13.6. The van der Waals surface area contributed by atoms with Crippen LogP contribution < -0.4 is 0 Å². The summed E-state index contributed by atoms with van der Waals surface area (Å²) in [6.45, 7) is 2.06. The molecule has 0 unspecified atom stereocenters. The fraction of sp³-hybridized carbons (Fsp3) is 0.0154. The number of nitrogens with one attached hydrogen (secondary N) is 2. The number of fused-ring (bicyclic) bond motifs is 3. The Bertz CT molecular complexity index is 3850. The SMILES string of the molecule is Cc1oc2cc(-c3c4ccccc4c(-c4ccc(-c5nc(-c6ccccc6)c(-c6ccccc6)[nH]5)cc4)c4ccccc34)ccc2c1-c1ccc(-c2nc(-c3ccccc3)c(-c3ccccc3)[nH]2)cc1. The molecule has 0 fully saturated rings. The first kappa shape index (κ1) is 40.9. The number of nitrogens with zero attached hydrogens (tertiary/aromatic N) is 2. The van der Waals surface area contributed by atoms with E-state index < -0.39 is 0 Å². The molecule has 70 heavy (non-hydrogen) atoms. The summed E-state index contributed by atoms with van der Waals surface area (Å²) in [5, 5.41) is 5.85. The summed E-state index contributed by atoms with van der Waals surface area (Å²) in [7, 11) is 0. The molecule has 0 saturated carbocycles. The summed E-state index contributed by atoms with van der Waals surface area (Å²) in [5.41, 5.74) is 18.0. The van der Waals surface area contributed by atoms with Gasteiger partial charge in [0.05, 0.1) is 22.8 Å². The fourth-order valence-corrected chi connectivity index (χ4v) is 10.3. The number of imidazole rings is 2. The van der Waals surface area contributed by atoms with Crippen LogP contribution in [0.5, 0.6) is 0 Å². The lowest BCUT2D eigenvalue weighted by Crippen LogP contribution is -1.91. The maximum Gasteiger partial charge on any atom is 0.138 e. The van der Waals surface area contributed by atoms with Crippen molar-refractivity contribution in [2.45, 2.75) is 6.92 Å². The van der Waals surface area contributed by atoms with Gasteiger partial charge < -0.3 is 14.4 Å². The second-order valence-corrected chi connectivity index (χ2v) is 17.8. The monoisotopic (exact) mass is 896 g/mol. The lowest BCUT2D eigenvalue weighted by atomic mass is 9.85. The summed E-state index contributed by atoms with van der Waals surface area (Å²) in [6, 6.07) is 83.4. The van der Waals surface area contributed by atoms with Crippen molar-refractivity contribution in [2.24, 2.45) is 0 Å². The van der Waals surface area contributed by atoms with Crippen LogP contribution in [0, 0.1) is 6.92 Å². The van der Waals surface area contributed by atoms with Gasteiger partial charge in [-0.1, -0.05) is 224 Å². The number of aromatic amines is 2. The van der Waals surface area contributed by atoms with Crippen molar-refractivity contribution in [3.8, 4) is 101 Å². The molecule has 0 aliphatic carbocycles. The summed E-state index contributed by atoms with van der Waals surface area (Å²) < 4.78 is 6.65. The number of aryl methyl sites for hydroxylation is 1. The summed E-state index contributed by atoms with van der Waals surface area (Å²) >= 11 is 0. The first-order chi connectivity index (χ1) is 34.6. The molecule has 0 atom stereocenters. The topological polar surface area (TPSA) is 70.5 Å². The quantitative estimate of drug-likeness (QED) is 0.142. The first-order valence-electron chi connectivity index (χ1n) is 23.7. The molecule has 13 rings (SSSR count). The average molecular weight is 897 g/mol. The van der Waals surface area contributed by atoms with E-state index in [4.69, 9.17) is 14.4 Å². The van der Waals surface area contributed by atoms with Crippen molar-refractivity contribution < 1.29 is 4.42 Å². The molecule has 0 amide bonds. The highest BCUT2D eigenvalue weighted by molar-refractivity contribution is 6.22. The van der Waals surface area contributed by atoms with Gasteiger partial charge in [-0.25, -0.2) is 9.97 Å². The van der Waals surface area contributed by atoms with Crippen LogP contribution in [0.25, 0.3) is 134 Å². The van der Waals surface area contributed by atoms with Gasteiger partial charge in [-0.3, -0.25) is 0 Å². The Labute approximate surface area is 405 Å². The number of hydrogen-bond donors (Lipinski definition) is 2. The first-order valence-corrected chi connectivity index (χ1v) is 23.7. The van der Waals surface area contributed by atoms with Gasteiger partial charge in [0.2, 0.25) is 0 Å². The molecule has 330 valence electrons. The summed E-state index contributed by atoms with van der Waals surface area (Å²) in [5.74, 6) is 2.54. The van der Waals surface area contributed by atoms with Crippen LogP contribution in [0.1, 0.15) is 5.76 Å². The number of furan rings is 1. The van der Waals surface area contributed by atoms with Crippen molar-refractivity contribution in [2.75, 3.05) is 0 Å². The van der Waals surface area contributed by atoms with E-state index in [9.17, 15) is 0 Å². The van der Waals surface area contributed by atoms with Gasteiger partial charge in [0, 0.05) is 44.3 Å². The molecule has 2 N–H and O–H groups in total. The van der Waals surface area contributed by atoms with E-state index in [-0.39, 0.29) is 0 Å². The van der Waals surface area contributed by atoms with Crippen LogP contribution >= 0.6 is 0 Å². The molecule has 0 bridgehead atoms. The predicted molar refractivity (Wildman–Crippen MR) is 289 cm³/mol. The lowest BCUT2D eigenvalue weighted by Gasteiger charge is -2.18. The molecule has 0 radical (unpaired) electrons. The highest BCUT2D eigenvalue weighted by Crippen LogP contribution is 2.46. The third kappa shape index (κ3) is 7.11. The van der Waals surface area contributed by atoms with Crippen LogP contribution in [0.3, 0.4) is 0 Å². The number of H-pyrrole nitrogens is 2. The standard InChI is InChI=1S/C65H44N4O/c1-41-57(42-30-34-48(35-31-42)64-66-60(44-18-6-2-7-19-44)61(67-64)45-20-8-3-9-21-45)55-39-38-50(40-56(55)70-41)59-53-28-16-14-26-51(53)58(52-27-15-17-29-54(52)59)43-32-36-49(37-33-43)65-68-62(46-22-10-4-11-23-46)63(69-65)47-24-12-5-13-25-47/h2-40H,1H3,(H,66,67)(H,68,69). The number of rotatable bonds is 9. The van der Waals surface area contributed by atoms with Crippen LogP contribution in [0.15, 0.2) is 241 Å². The zero-order valence-corrected chi connectivity index (χ0v) is 38.3. The van der Waals surface area contributed by atoms with E-state index >= 15 is 0 Å². The average Bonchev–Trinajstić information content (AvgIpc) is 4.17. The summed E-state index contributed by atoms with van der Waals surface area (Å²) in [4.78, 5) is 17.7. The van der Waals surface area contributed by atoms with Crippen molar-refractivity contribution in [3.63, 3.8) is 0 Å². The Balaban J connectivity index is 0.857. The van der Waals surface area contributed by atoms with E-state index in [1.807, 2.05) is 24.3 Å². The zero-order chi connectivity index (χ0) is 46.5. The Morgan fingerprint density at radius 2 is 0.643 bits per heavy atom. The Kier molecular flexibility index (Phi) is 9.98. The second-order valence-electron chi connectivity index (χ2n) is 17.8. The highest BCUT2D eigenvalue weighted by Gasteiger charge is 2.21. The molecular weight excluding hydrogens is 853 g/mol. The highest BCUT2D eigenvalue weighted by atomic mass is 16.3. The van der Waals surface area contributed by atoms with Gasteiger partial charge in [0.15, 0.2) is 0 Å². The Hall–Kier alpha value is -9.32. The number of hydrogen-bond acceptors (Lipinski definition) is 3. The minimum Gasteiger partial charge on any atom is -0.461 e. The van der Waals surface area contributed by atoms with Gasteiger partial charge in [-0.05, 0) is 68.4 Å². The number of benzene rings is 10. The van der Waals surface area contributed by atoms with Crippen LogP contribution in [-0.2, 0) is 0 Å². The molecule has 0 saturated heterocycles. The van der Waals surface area contributed by atoms with Crippen molar-refractivity contribution in [1.82, 2.24) is 19.9 Å². The van der Waals surface area contributed by atoms with Gasteiger partial charge >= 0.3 is 0 Å². The minimum atomic E-state index is 0.828. The van der Waals surface area contributed by atoms with E-state index in [1.54, 1.807) is 0 Å². The maximum absolute atomic E-state index is 6.65. The Morgan fingerprint density at radius 1 is 0.300 bits per heavy atom. The van der Waals surface area contributed by atoms with E-state index in [0.29, 0.717) is 0 Å². The molecule has 5 nitrogen and oxygen atoms in total. The lowest BCUT2D eigenvalue weighted by molar-refractivity contribution is 0.580. The molecular formula is C65H44N4O. The Morgan fingerprint density at radius 3 is 1.07 bits per heavy atom. The molecule has 0 aliphatic heterocycles. The second kappa shape index (κ2) is 17.1. The minimum absolute atomic E-state index is 0.828. The van der Waals surface area contributed by atoms with E-state index in [2.05, 4.69) is 229 Å². The predicted octanol–water partition coefficient (Wildman–Crippen LogP) is 17.5. The maximum atomic E-state index is 6.65. The van der Waals surface area contributed by atoms with Crippen LogP contribution in [-0.4, -0.2) is 19.9 Å². The molecule has 3 aromatic heterocycles. The number of aromatic nitrogens is 4. The van der Waals surface area contributed by atoms with Crippen molar-refractivity contribution in [3.05, 3.63) is 242 Å². The van der Waals surface area contributed by atoms with E-state index in [1.165, 1.54) is 32.7 Å². The molecule has 0 aliphatic rings. The van der Waals surface area contributed by atoms with E-state index in [0.717, 1.165) is 107 Å².